The van der Waals surface area contributed by atoms with E-state index in [-0.39, 0.29) is 22.6 Å². The van der Waals surface area contributed by atoms with Crippen LogP contribution in [-0.2, 0) is 4.79 Å². The Morgan fingerprint density at radius 1 is 0.933 bits per heavy atom. The van der Waals surface area contributed by atoms with Gasteiger partial charge in [0.15, 0.2) is 5.78 Å². The van der Waals surface area contributed by atoms with Gasteiger partial charge in [0.1, 0.15) is 0 Å². The zero-order valence-electron chi connectivity index (χ0n) is 16.7. The van der Waals surface area contributed by atoms with Gasteiger partial charge in [-0.15, -0.1) is 0 Å². The first-order valence-corrected chi connectivity index (χ1v) is 10.5. The molecule has 8 heteroatoms. The fourth-order valence-corrected chi connectivity index (χ4v) is 3.74. The van der Waals surface area contributed by atoms with Crippen LogP contribution in [0.3, 0.4) is 0 Å². The van der Waals surface area contributed by atoms with Crippen LogP contribution in [0.2, 0.25) is 10.0 Å². The zero-order chi connectivity index (χ0) is 21.7. The molecule has 2 amide bonds. The minimum absolute atomic E-state index is 0.0488. The summed E-state index contributed by atoms with van der Waals surface area (Å²) in [6, 6.07) is 11.5. The number of hydrogen-bond donors (Lipinski definition) is 1. The summed E-state index contributed by atoms with van der Waals surface area (Å²) in [5.41, 5.74) is 1.05. The van der Waals surface area contributed by atoms with Gasteiger partial charge in [-0.25, -0.2) is 0 Å². The quantitative estimate of drug-likeness (QED) is 0.714. The number of amides is 2. The molecule has 0 aliphatic carbocycles. The van der Waals surface area contributed by atoms with Crippen LogP contribution < -0.4 is 5.32 Å². The Hall–Kier alpha value is -2.41. The van der Waals surface area contributed by atoms with Crippen molar-refractivity contribution in [1.82, 2.24) is 15.1 Å². The molecular weight excluding hydrogens is 425 g/mol. The average Bonchev–Trinajstić information content (AvgIpc) is 3.00. The monoisotopic (exact) mass is 447 g/mol. The molecule has 3 rings (SSSR count). The Labute approximate surface area is 185 Å². The summed E-state index contributed by atoms with van der Waals surface area (Å²) >= 11 is 12.0. The number of hydrogen-bond acceptors (Lipinski definition) is 4. The molecule has 1 N–H and O–H groups in total. The van der Waals surface area contributed by atoms with Gasteiger partial charge in [0, 0.05) is 44.4 Å². The normalized spacial score (nSPS) is 14.8. The predicted octanol–water partition coefficient (Wildman–Crippen LogP) is 3.12. The molecule has 0 saturated carbocycles. The van der Waals surface area contributed by atoms with E-state index < -0.39 is 0 Å². The fourth-order valence-electron chi connectivity index (χ4n) is 3.45. The maximum atomic E-state index is 13.2. The molecule has 6 nitrogen and oxygen atoms in total. The van der Waals surface area contributed by atoms with Crippen molar-refractivity contribution in [3.05, 3.63) is 69.2 Å². The van der Waals surface area contributed by atoms with E-state index in [0.717, 1.165) is 13.0 Å². The second-order valence-corrected chi connectivity index (χ2v) is 7.91. The minimum Gasteiger partial charge on any atom is -0.358 e. The highest BCUT2D eigenvalue weighted by Gasteiger charge is 2.25. The number of nitrogens with one attached hydrogen (secondary N) is 1. The Bertz CT molecular complexity index is 964. The lowest BCUT2D eigenvalue weighted by Gasteiger charge is -2.22. The van der Waals surface area contributed by atoms with Crippen LogP contribution in [0.1, 0.15) is 32.7 Å². The van der Waals surface area contributed by atoms with Crippen LogP contribution in [0.15, 0.2) is 42.5 Å². The number of likely N-dealkylation sites (N-methyl/N-ethyl adjacent to an activating group) is 1. The summed E-state index contributed by atoms with van der Waals surface area (Å²) < 4.78 is 0. The number of carbonyl (C=O) groups is 3. The summed E-state index contributed by atoms with van der Waals surface area (Å²) in [7, 11) is 1.61. The molecule has 2 aromatic rings. The van der Waals surface area contributed by atoms with E-state index in [0.29, 0.717) is 47.9 Å². The molecule has 1 fully saturated rings. The molecule has 158 valence electrons. The van der Waals surface area contributed by atoms with Crippen LogP contribution >= 0.6 is 23.2 Å². The first-order chi connectivity index (χ1) is 14.4. The molecule has 0 radical (unpaired) electrons. The van der Waals surface area contributed by atoms with Gasteiger partial charge >= 0.3 is 0 Å². The summed E-state index contributed by atoms with van der Waals surface area (Å²) in [4.78, 5) is 41.7. The van der Waals surface area contributed by atoms with E-state index in [9.17, 15) is 14.4 Å². The third-order valence-corrected chi connectivity index (χ3v) is 5.84. The molecule has 1 aliphatic rings. The lowest BCUT2D eigenvalue weighted by atomic mass is 9.97. The molecule has 0 atom stereocenters. The summed E-state index contributed by atoms with van der Waals surface area (Å²) in [5.74, 6) is -0.526. The lowest BCUT2D eigenvalue weighted by molar-refractivity contribution is -0.121. The van der Waals surface area contributed by atoms with Crippen molar-refractivity contribution in [3.8, 4) is 0 Å². The van der Waals surface area contributed by atoms with E-state index in [1.54, 1.807) is 48.3 Å². The Kier molecular flexibility index (Phi) is 7.48. The van der Waals surface area contributed by atoms with Crippen molar-refractivity contribution >= 4 is 40.8 Å². The van der Waals surface area contributed by atoms with E-state index in [4.69, 9.17) is 23.2 Å². The van der Waals surface area contributed by atoms with Gasteiger partial charge in [-0.1, -0.05) is 41.4 Å². The van der Waals surface area contributed by atoms with Gasteiger partial charge in [0.25, 0.3) is 5.91 Å². The maximum Gasteiger partial charge on any atom is 0.254 e. The fraction of sp³-hybridized carbons (Fsp3) is 0.318. The topological polar surface area (TPSA) is 69.7 Å². The molecular formula is C22H23Cl2N3O3. The van der Waals surface area contributed by atoms with Crippen LogP contribution in [-0.4, -0.2) is 67.2 Å². The Morgan fingerprint density at radius 2 is 1.67 bits per heavy atom. The van der Waals surface area contributed by atoms with E-state index >= 15 is 0 Å². The van der Waals surface area contributed by atoms with Crippen LogP contribution in [0.25, 0.3) is 0 Å². The maximum absolute atomic E-state index is 13.2. The molecule has 1 saturated heterocycles. The Balaban J connectivity index is 1.79. The number of ketones is 1. The smallest absolute Gasteiger partial charge is 0.254 e. The highest BCUT2D eigenvalue weighted by molar-refractivity contribution is 6.42. The summed E-state index contributed by atoms with van der Waals surface area (Å²) in [6.45, 7) is 2.71. The van der Waals surface area contributed by atoms with E-state index in [2.05, 4.69) is 5.32 Å². The SMILES string of the molecule is CNC(=O)CN1CCCN(C(=O)c2ccccc2C(=O)c2ccc(Cl)c(Cl)c2)CC1. The second-order valence-electron chi connectivity index (χ2n) is 7.10. The van der Waals surface area contributed by atoms with Crippen LogP contribution in [0, 0.1) is 0 Å². The van der Waals surface area contributed by atoms with Gasteiger partial charge in [0.05, 0.1) is 22.2 Å². The zero-order valence-corrected chi connectivity index (χ0v) is 18.2. The molecule has 0 bridgehead atoms. The average molecular weight is 448 g/mol. The van der Waals surface area contributed by atoms with Crippen LogP contribution in [0.5, 0.6) is 0 Å². The number of halogens is 2. The van der Waals surface area contributed by atoms with Crippen LogP contribution in [0.4, 0.5) is 0 Å². The van der Waals surface area contributed by atoms with Gasteiger partial charge < -0.3 is 10.2 Å². The number of rotatable bonds is 5. The van der Waals surface area contributed by atoms with E-state index in [1.165, 1.54) is 6.07 Å². The van der Waals surface area contributed by atoms with Gasteiger partial charge in [-0.05, 0) is 30.7 Å². The number of nitrogens with zero attached hydrogens (tertiary/aromatic N) is 2. The molecule has 0 aromatic heterocycles. The largest absolute Gasteiger partial charge is 0.358 e. The molecule has 0 unspecified atom stereocenters. The third-order valence-electron chi connectivity index (χ3n) is 5.11. The highest BCUT2D eigenvalue weighted by atomic mass is 35.5. The number of carbonyl (C=O) groups excluding carboxylic acids is 3. The predicted molar refractivity (Wildman–Crippen MR) is 117 cm³/mol. The summed E-state index contributed by atoms with van der Waals surface area (Å²) in [5, 5.41) is 3.27. The molecule has 1 aliphatic heterocycles. The summed E-state index contributed by atoms with van der Waals surface area (Å²) in [6.07, 6.45) is 0.756. The third kappa shape index (κ3) is 5.19. The second kappa shape index (κ2) is 10.1. The molecule has 30 heavy (non-hydrogen) atoms. The van der Waals surface area contributed by atoms with Crippen molar-refractivity contribution in [2.75, 3.05) is 39.8 Å². The van der Waals surface area contributed by atoms with Crippen molar-refractivity contribution < 1.29 is 14.4 Å². The first-order valence-electron chi connectivity index (χ1n) is 9.71. The van der Waals surface area contributed by atoms with Gasteiger partial charge in [-0.2, -0.15) is 0 Å². The van der Waals surface area contributed by atoms with Crippen molar-refractivity contribution in [2.45, 2.75) is 6.42 Å². The standard InChI is InChI=1S/C22H23Cl2N3O3/c1-25-20(28)14-26-9-4-10-27(12-11-26)22(30)17-6-3-2-5-16(17)21(29)15-7-8-18(23)19(24)13-15/h2-3,5-8,13H,4,9-12,14H2,1H3,(H,25,28). The minimum atomic E-state index is -0.284. The van der Waals surface area contributed by atoms with Gasteiger partial charge in [0.2, 0.25) is 5.91 Å². The lowest BCUT2D eigenvalue weighted by Crippen LogP contribution is -2.39. The molecule has 1 heterocycles. The Morgan fingerprint density at radius 3 is 2.37 bits per heavy atom. The van der Waals surface area contributed by atoms with Crippen molar-refractivity contribution in [1.29, 1.82) is 0 Å². The highest BCUT2D eigenvalue weighted by Crippen LogP contribution is 2.25. The van der Waals surface area contributed by atoms with Crippen molar-refractivity contribution in [3.63, 3.8) is 0 Å². The molecule has 0 spiro atoms. The number of benzene rings is 2. The van der Waals surface area contributed by atoms with Gasteiger partial charge in [-0.3, -0.25) is 19.3 Å². The van der Waals surface area contributed by atoms with Crippen molar-refractivity contribution in [2.24, 2.45) is 0 Å². The molecule has 2 aromatic carbocycles. The first kappa shape index (κ1) is 22.3. The van der Waals surface area contributed by atoms with E-state index in [1.807, 2.05) is 4.90 Å².